The lowest BCUT2D eigenvalue weighted by Crippen LogP contribution is -2.13. The van der Waals surface area contributed by atoms with E-state index in [1.807, 2.05) is 43.3 Å². The Morgan fingerprint density at radius 1 is 1.17 bits per heavy atom. The normalized spacial score (nSPS) is 11.5. The number of amides is 1. The number of rotatable bonds is 12. The molecule has 12 heteroatoms. The number of hydrogen-bond acceptors (Lipinski definition) is 10. The fourth-order valence-electron chi connectivity index (χ4n) is 2.83. The van der Waals surface area contributed by atoms with Crippen LogP contribution in [0, 0.1) is 11.3 Å². The molecule has 0 bridgehead atoms. The van der Waals surface area contributed by atoms with Gasteiger partial charge in [0.1, 0.15) is 11.6 Å². The van der Waals surface area contributed by atoms with Gasteiger partial charge in [0.2, 0.25) is 15.0 Å². The third kappa shape index (κ3) is 7.55. The Labute approximate surface area is 218 Å². The number of hydrogen-bond donors (Lipinski definition) is 1. The van der Waals surface area contributed by atoms with Crippen LogP contribution in [0.3, 0.4) is 0 Å². The Bertz CT molecular complexity index is 1370. The number of carbonyl (C=O) groups is 1. The summed E-state index contributed by atoms with van der Waals surface area (Å²) in [5, 5.41) is 11.6. The molecule has 0 saturated heterocycles. The van der Waals surface area contributed by atoms with Gasteiger partial charge in [0.15, 0.2) is 11.5 Å². The van der Waals surface area contributed by atoms with Crippen molar-refractivity contribution >= 4 is 50.2 Å². The molecule has 3 aromatic rings. The number of nitriles is 1. The summed E-state index contributed by atoms with van der Waals surface area (Å²) < 4.78 is 39.1. The van der Waals surface area contributed by atoms with E-state index in [0.717, 1.165) is 22.2 Å². The Balaban J connectivity index is 1.68. The SMILES string of the molecule is CCOc1cc(C=C(C#N)C(=O)Nc2nc(S(=O)(=O)CC)ns2)ccc1OCCSc1ccccc1. The molecule has 3 rings (SSSR count). The number of anilines is 1. The largest absolute Gasteiger partial charge is 0.490 e. The van der Waals surface area contributed by atoms with Crippen LogP contribution in [0.15, 0.2) is 64.2 Å². The van der Waals surface area contributed by atoms with E-state index < -0.39 is 15.7 Å². The monoisotopic (exact) mass is 544 g/mol. The van der Waals surface area contributed by atoms with Crippen molar-refractivity contribution in [3.63, 3.8) is 0 Å². The van der Waals surface area contributed by atoms with E-state index in [1.165, 1.54) is 13.0 Å². The topological polar surface area (TPSA) is 131 Å². The first-order chi connectivity index (χ1) is 17.4. The highest BCUT2D eigenvalue weighted by molar-refractivity contribution is 7.99. The van der Waals surface area contributed by atoms with Gasteiger partial charge in [0, 0.05) is 22.2 Å². The highest BCUT2D eigenvalue weighted by Crippen LogP contribution is 2.30. The van der Waals surface area contributed by atoms with Crippen LogP contribution in [0.1, 0.15) is 19.4 Å². The molecule has 0 spiro atoms. The van der Waals surface area contributed by atoms with E-state index in [4.69, 9.17) is 9.47 Å². The van der Waals surface area contributed by atoms with Crippen molar-refractivity contribution in [3.8, 4) is 17.6 Å². The summed E-state index contributed by atoms with van der Waals surface area (Å²) in [6, 6.07) is 17.0. The lowest BCUT2D eigenvalue weighted by Gasteiger charge is -2.13. The first kappa shape index (κ1) is 27.2. The van der Waals surface area contributed by atoms with Gasteiger partial charge in [-0.25, -0.2) is 8.42 Å². The zero-order valence-corrected chi connectivity index (χ0v) is 22.1. The fraction of sp³-hybridized carbons (Fsp3) is 0.250. The molecule has 1 N–H and O–H groups in total. The Morgan fingerprint density at radius 2 is 1.94 bits per heavy atom. The van der Waals surface area contributed by atoms with Gasteiger partial charge in [0.25, 0.3) is 11.1 Å². The number of aromatic nitrogens is 2. The predicted molar refractivity (Wildman–Crippen MR) is 140 cm³/mol. The van der Waals surface area contributed by atoms with Gasteiger partial charge in [-0.3, -0.25) is 10.1 Å². The molecule has 9 nitrogen and oxygen atoms in total. The summed E-state index contributed by atoms with van der Waals surface area (Å²) in [6.07, 6.45) is 1.40. The van der Waals surface area contributed by atoms with Crippen LogP contribution in [0.5, 0.6) is 11.5 Å². The molecule has 0 saturated carbocycles. The van der Waals surface area contributed by atoms with Gasteiger partial charge in [-0.05, 0) is 42.8 Å². The van der Waals surface area contributed by atoms with E-state index in [9.17, 15) is 18.5 Å². The maximum atomic E-state index is 12.6. The van der Waals surface area contributed by atoms with E-state index in [0.29, 0.717) is 30.3 Å². The van der Waals surface area contributed by atoms with Crippen molar-refractivity contribution in [3.05, 3.63) is 59.7 Å². The highest BCUT2D eigenvalue weighted by Gasteiger charge is 2.20. The molecule has 188 valence electrons. The van der Waals surface area contributed by atoms with Gasteiger partial charge in [-0.2, -0.15) is 14.6 Å². The van der Waals surface area contributed by atoms with Crippen LogP contribution in [-0.4, -0.2) is 48.4 Å². The molecule has 0 radical (unpaired) electrons. The summed E-state index contributed by atoms with van der Waals surface area (Å²) in [5.74, 6) is 0.915. The number of ether oxygens (including phenoxy) is 2. The summed E-state index contributed by atoms with van der Waals surface area (Å²) in [4.78, 5) is 17.6. The zero-order valence-electron chi connectivity index (χ0n) is 19.6. The van der Waals surface area contributed by atoms with Crippen molar-refractivity contribution in [2.75, 3.05) is 30.0 Å². The highest BCUT2D eigenvalue weighted by atomic mass is 32.2. The fourth-order valence-corrected chi connectivity index (χ4v) is 5.16. The number of sulfone groups is 1. The molecule has 0 aliphatic rings. The predicted octanol–water partition coefficient (Wildman–Crippen LogP) is 4.45. The number of benzene rings is 2. The molecule has 1 heterocycles. The van der Waals surface area contributed by atoms with Crippen LogP contribution in [-0.2, 0) is 14.6 Å². The number of carbonyl (C=O) groups excluding carboxylic acids is 1. The minimum absolute atomic E-state index is 0.0136. The van der Waals surface area contributed by atoms with Gasteiger partial charge < -0.3 is 9.47 Å². The van der Waals surface area contributed by atoms with Gasteiger partial charge in [0.05, 0.1) is 19.0 Å². The van der Waals surface area contributed by atoms with Gasteiger partial charge >= 0.3 is 0 Å². The van der Waals surface area contributed by atoms with Crippen LogP contribution >= 0.6 is 23.3 Å². The second kappa shape index (κ2) is 13.1. The third-order valence-corrected chi connectivity index (χ3v) is 7.80. The van der Waals surface area contributed by atoms with Gasteiger partial charge in [-0.15, -0.1) is 11.8 Å². The molecular formula is C24H24N4O5S3. The van der Waals surface area contributed by atoms with E-state index in [2.05, 4.69) is 14.7 Å². The number of nitrogens with zero attached hydrogens (tertiary/aromatic N) is 3. The third-order valence-electron chi connectivity index (χ3n) is 4.58. The van der Waals surface area contributed by atoms with Crippen molar-refractivity contribution in [1.82, 2.24) is 9.36 Å². The van der Waals surface area contributed by atoms with Crippen LogP contribution < -0.4 is 14.8 Å². The van der Waals surface area contributed by atoms with E-state index in [-0.39, 0.29) is 21.6 Å². The molecule has 0 fully saturated rings. The lowest BCUT2D eigenvalue weighted by atomic mass is 10.1. The Morgan fingerprint density at radius 3 is 2.64 bits per heavy atom. The standard InChI is InChI=1S/C24H24N4O5S3/c1-3-32-21-15-17(10-11-20(21)33-12-13-34-19-8-6-5-7-9-19)14-18(16-25)22(29)26-23-27-24(28-35-23)36(30,31)4-2/h5-11,14-15H,3-4,12-13H2,1-2H3,(H,26,27,28,29). The summed E-state index contributed by atoms with van der Waals surface area (Å²) >= 11 is 2.41. The Hall–Kier alpha value is -3.40. The quantitative estimate of drug-likeness (QED) is 0.152. The van der Waals surface area contributed by atoms with Crippen LogP contribution in [0.25, 0.3) is 6.08 Å². The molecular weight excluding hydrogens is 520 g/mol. The van der Waals surface area contributed by atoms with Crippen molar-refractivity contribution in [2.45, 2.75) is 23.9 Å². The molecule has 0 unspecified atom stereocenters. The molecule has 2 aromatic carbocycles. The van der Waals surface area contributed by atoms with E-state index in [1.54, 1.807) is 30.0 Å². The van der Waals surface area contributed by atoms with Crippen molar-refractivity contribution < 1.29 is 22.7 Å². The Kier molecular flexibility index (Phi) is 9.86. The van der Waals surface area contributed by atoms with Crippen molar-refractivity contribution in [2.24, 2.45) is 0 Å². The molecule has 0 aliphatic heterocycles. The zero-order chi connectivity index (χ0) is 26.0. The first-order valence-electron chi connectivity index (χ1n) is 10.9. The van der Waals surface area contributed by atoms with Gasteiger partial charge in [-0.1, -0.05) is 31.2 Å². The maximum Gasteiger partial charge on any atom is 0.268 e. The minimum Gasteiger partial charge on any atom is -0.490 e. The van der Waals surface area contributed by atoms with Crippen LogP contribution in [0.2, 0.25) is 0 Å². The molecule has 0 atom stereocenters. The smallest absolute Gasteiger partial charge is 0.268 e. The second-order valence-electron chi connectivity index (χ2n) is 7.06. The average Bonchev–Trinajstić information content (AvgIpc) is 3.36. The molecule has 1 aromatic heterocycles. The molecule has 0 aliphatic carbocycles. The maximum absolute atomic E-state index is 12.6. The lowest BCUT2D eigenvalue weighted by molar-refractivity contribution is -0.112. The summed E-state index contributed by atoms with van der Waals surface area (Å²) in [5.41, 5.74) is 0.364. The second-order valence-corrected chi connectivity index (χ2v) is 11.2. The minimum atomic E-state index is -3.59. The first-order valence-corrected chi connectivity index (χ1v) is 14.3. The number of nitrogens with one attached hydrogen (secondary N) is 1. The summed E-state index contributed by atoms with van der Waals surface area (Å²) in [7, 11) is -3.59. The van der Waals surface area contributed by atoms with E-state index >= 15 is 0 Å². The molecule has 36 heavy (non-hydrogen) atoms. The average molecular weight is 545 g/mol. The van der Waals surface area contributed by atoms with Crippen molar-refractivity contribution in [1.29, 1.82) is 5.26 Å². The molecule has 1 amide bonds. The number of thioether (sulfide) groups is 1. The van der Waals surface area contributed by atoms with Crippen LogP contribution in [0.4, 0.5) is 5.13 Å². The summed E-state index contributed by atoms with van der Waals surface area (Å²) in [6.45, 7) is 4.20.